The number of anilines is 1. The number of rotatable bonds is 7. The molecule has 1 aromatic heterocycles. The second kappa shape index (κ2) is 14.2. The highest BCUT2D eigenvalue weighted by molar-refractivity contribution is 5.95. The minimum absolute atomic E-state index is 0.154. The molecule has 2 bridgehead atoms. The van der Waals surface area contributed by atoms with Crippen LogP contribution in [0.25, 0.3) is 10.9 Å². The molecule has 3 aromatic rings. The van der Waals surface area contributed by atoms with Gasteiger partial charge in [-0.1, -0.05) is 30.7 Å². The van der Waals surface area contributed by atoms with Gasteiger partial charge < -0.3 is 38.8 Å². The van der Waals surface area contributed by atoms with Crippen LogP contribution in [0.3, 0.4) is 0 Å². The summed E-state index contributed by atoms with van der Waals surface area (Å²) in [6.45, 7) is 8.82. The van der Waals surface area contributed by atoms with E-state index in [9.17, 15) is 14.7 Å². The van der Waals surface area contributed by atoms with Gasteiger partial charge in [-0.05, 0) is 87.7 Å². The van der Waals surface area contributed by atoms with Crippen LogP contribution in [0, 0.1) is 24.2 Å². The van der Waals surface area contributed by atoms with Crippen molar-refractivity contribution in [3.05, 3.63) is 70.4 Å². The summed E-state index contributed by atoms with van der Waals surface area (Å²) in [5.74, 6) is -5.91. The summed E-state index contributed by atoms with van der Waals surface area (Å²) in [4.78, 5) is 52.9. The monoisotopic (exact) mass is 844 g/mol. The maximum absolute atomic E-state index is 15.4. The highest BCUT2D eigenvalue weighted by Crippen LogP contribution is 2.68. The molecular formula is C47H58F2N4O8. The molecule has 6 heterocycles. The minimum Gasteiger partial charge on any atom is -0.496 e. The first-order chi connectivity index (χ1) is 29.0. The van der Waals surface area contributed by atoms with Gasteiger partial charge >= 0.3 is 17.9 Å². The van der Waals surface area contributed by atoms with E-state index in [1.807, 2.05) is 62.2 Å². The molecule has 5 aliphatic heterocycles. The number of methoxy groups -OCH3 is 3. The van der Waals surface area contributed by atoms with Gasteiger partial charge in [0.2, 0.25) is 11.5 Å². The van der Waals surface area contributed by atoms with Crippen LogP contribution in [0.2, 0.25) is 0 Å². The number of hydrogen-bond donors (Lipinski definition) is 2. The Bertz CT molecular complexity index is 2340. The van der Waals surface area contributed by atoms with Crippen LogP contribution in [-0.4, -0.2) is 129 Å². The number of aromatic nitrogens is 1. The number of nitrogens with one attached hydrogen (secondary N) is 1. The van der Waals surface area contributed by atoms with Crippen LogP contribution in [0.5, 0.6) is 5.75 Å². The van der Waals surface area contributed by atoms with Gasteiger partial charge in [0, 0.05) is 96.9 Å². The molecular weight excluding hydrogens is 787 g/mol. The highest BCUT2D eigenvalue weighted by atomic mass is 19.3. The quantitative estimate of drug-likeness (QED) is 0.179. The highest BCUT2D eigenvalue weighted by Gasteiger charge is 2.80. The summed E-state index contributed by atoms with van der Waals surface area (Å²) in [6.07, 6.45) is 4.54. The number of fused-ring (bicyclic) bond motifs is 6. The van der Waals surface area contributed by atoms with Gasteiger partial charge in [-0.25, -0.2) is 13.6 Å². The molecule has 1 spiro atoms. The lowest BCUT2D eigenvalue weighted by atomic mass is 9.47. The lowest BCUT2D eigenvalue weighted by Crippen LogP contribution is -2.81. The van der Waals surface area contributed by atoms with Gasteiger partial charge in [-0.3, -0.25) is 14.5 Å². The fraction of sp³-hybridized carbons (Fsp3) is 0.596. The summed E-state index contributed by atoms with van der Waals surface area (Å²) in [5.41, 5.74) is -0.466. The van der Waals surface area contributed by atoms with Crippen molar-refractivity contribution in [2.45, 2.75) is 100 Å². The average molecular weight is 845 g/mol. The summed E-state index contributed by atoms with van der Waals surface area (Å²) in [7, 11) is 5.97. The Morgan fingerprint density at radius 1 is 1.02 bits per heavy atom. The normalized spacial score (nSPS) is 35.2. The number of hydrogen-bond acceptors (Lipinski definition) is 11. The molecule has 2 N–H and O–H groups in total. The van der Waals surface area contributed by atoms with E-state index < -0.39 is 63.7 Å². The van der Waals surface area contributed by atoms with Crippen molar-refractivity contribution in [3.63, 3.8) is 0 Å². The fourth-order valence-electron chi connectivity index (χ4n) is 13.6. The standard InChI is InChI=1S/C47H58F2N4O8/c1-9-44-14-10-16-53-18-15-45(38(44)53)32-21-33(36(58-6)22-35(32)51(5)39(45)47(57,42(56)60-8)40(44)61-27(3)54)46(41(55)59-7)23-28-20-29(43(4,48)49)25-52(24-28)17-13-30-31-19-26(2)11-12-34(31)50-37(30)46/h10-12,14,19,21-22,28-29,38-40,50,57H,9,13,15-18,20,23-25H2,1-8H3/t28-,29+,38-,39+,40+,44+,45+,46-,47-/m0/s1. The van der Waals surface area contributed by atoms with E-state index in [0.717, 1.165) is 34.5 Å². The Morgan fingerprint density at radius 3 is 2.44 bits per heavy atom. The van der Waals surface area contributed by atoms with E-state index in [4.69, 9.17) is 18.9 Å². The number of aliphatic hydroxyl groups is 1. The van der Waals surface area contributed by atoms with Gasteiger partial charge in [0.1, 0.15) is 11.2 Å². The third-order valence-electron chi connectivity index (χ3n) is 15.8. The van der Waals surface area contributed by atoms with Crippen molar-refractivity contribution in [3.8, 4) is 5.75 Å². The molecule has 10 atom stereocenters. The van der Waals surface area contributed by atoms with Crippen LogP contribution < -0.4 is 9.64 Å². The Balaban J connectivity index is 1.36. The van der Waals surface area contributed by atoms with Crippen molar-refractivity contribution in [1.29, 1.82) is 0 Å². The maximum atomic E-state index is 15.4. The van der Waals surface area contributed by atoms with E-state index in [-0.39, 0.29) is 31.3 Å². The number of carbonyl (C=O) groups excluding carboxylic acids is 3. The van der Waals surface area contributed by atoms with Gasteiger partial charge in [0.25, 0.3) is 0 Å². The van der Waals surface area contributed by atoms with E-state index >= 15 is 13.6 Å². The summed E-state index contributed by atoms with van der Waals surface area (Å²) < 4.78 is 54.6. The Morgan fingerprint density at radius 2 is 1.77 bits per heavy atom. The van der Waals surface area contributed by atoms with E-state index in [0.29, 0.717) is 68.1 Å². The van der Waals surface area contributed by atoms with Gasteiger partial charge in [-0.15, -0.1) is 0 Å². The number of benzene rings is 2. The third kappa shape index (κ3) is 5.59. The Hall–Kier alpha value is -4.53. The SMILES string of the molecule is CC[C@]12C=CCN3CC[C@@]4(c5cc([C@@]6(C(=O)OC)C[C@@H]7C[C@@H](C(C)(F)F)CN(CCc8c6[nH]c6ccc(C)cc86)C7)c(OC)cc5N(C)[C@H]4[C@@](O)(C(=O)OC)[C@@H]1OC(C)=O)[C@@H]32. The smallest absolute Gasteiger partial charge is 0.344 e. The second-order valence-electron chi connectivity index (χ2n) is 18.8. The van der Waals surface area contributed by atoms with Crippen LogP contribution in [-0.2, 0) is 45.8 Å². The first kappa shape index (κ1) is 41.8. The van der Waals surface area contributed by atoms with Crippen molar-refractivity contribution in [1.82, 2.24) is 14.8 Å². The van der Waals surface area contributed by atoms with Gasteiger partial charge in [0.15, 0.2) is 6.10 Å². The van der Waals surface area contributed by atoms with Gasteiger partial charge in [-0.2, -0.15) is 0 Å². The zero-order valence-electron chi connectivity index (χ0n) is 36.4. The topological polar surface area (TPSA) is 134 Å². The molecule has 1 aliphatic carbocycles. The molecule has 2 saturated heterocycles. The molecule has 6 aliphatic rings. The van der Waals surface area contributed by atoms with Crippen molar-refractivity contribution in [2.24, 2.45) is 17.3 Å². The number of H-pyrrole nitrogens is 1. The number of piperidine rings is 1. The van der Waals surface area contributed by atoms with E-state index in [1.165, 1.54) is 21.1 Å². The second-order valence-corrected chi connectivity index (χ2v) is 18.8. The molecule has 1 unspecified atom stereocenters. The predicted octanol–water partition coefficient (Wildman–Crippen LogP) is 5.43. The van der Waals surface area contributed by atoms with Crippen LogP contribution in [0.1, 0.15) is 74.4 Å². The first-order valence-corrected chi connectivity index (χ1v) is 21.6. The molecule has 2 aromatic carbocycles. The number of ether oxygens (including phenoxy) is 4. The molecule has 61 heavy (non-hydrogen) atoms. The van der Waals surface area contributed by atoms with Gasteiger partial charge in [0.05, 0.1) is 27.4 Å². The molecule has 1 saturated carbocycles. The lowest BCUT2D eigenvalue weighted by Gasteiger charge is -2.63. The number of esters is 3. The Labute approximate surface area is 355 Å². The number of aromatic amines is 1. The number of halogens is 2. The molecule has 0 amide bonds. The van der Waals surface area contributed by atoms with Crippen molar-refractivity contribution in [2.75, 3.05) is 66.0 Å². The van der Waals surface area contributed by atoms with Crippen LogP contribution in [0.15, 0.2) is 42.5 Å². The summed E-state index contributed by atoms with van der Waals surface area (Å²) >= 11 is 0. The number of carbonyl (C=O) groups is 3. The van der Waals surface area contributed by atoms with E-state index in [2.05, 4.69) is 20.9 Å². The number of aryl methyl sites for hydroxylation is 1. The number of alkyl halides is 2. The number of likely N-dealkylation sites (N-methyl/N-ethyl adjacent to an activating group) is 1. The summed E-state index contributed by atoms with van der Waals surface area (Å²) in [5, 5.41) is 14.3. The number of nitrogens with zero attached hydrogens (tertiary/aromatic N) is 3. The van der Waals surface area contributed by atoms with Crippen LogP contribution >= 0.6 is 0 Å². The Kier molecular flexibility index (Phi) is 9.77. The maximum Gasteiger partial charge on any atom is 0.344 e. The van der Waals surface area contributed by atoms with Crippen LogP contribution in [0.4, 0.5) is 14.5 Å². The average Bonchev–Trinajstić information content (AvgIpc) is 3.89. The molecule has 3 fully saturated rings. The molecule has 9 rings (SSSR count). The third-order valence-corrected chi connectivity index (χ3v) is 15.8. The molecule has 14 heteroatoms. The first-order valence-electron chi connectivity index (χ1n) is 21.6. The fourth-order valence-corrected chi connectivity index (χ4v) is 13.6. The largest absolute Gasteiger partial charge is 0.496 e. The molecule has 0 radical (unpaired) electrons. The van der Waals surface area contributed by atoms with Crippen molar-refractivity contribution < 1.29 is 47.2 Å². The summed E-state index contributed by atoms with van der Waals surface area (Å²) in [6, 6.07) is 8.71. The minimum atomic E-state index is -2.93. The van der Waals surface area contributed by atoms with E-state index in [1.54, 1.807) is 7.11 Å². The molecule has 12 nitrogen and oxygen atoms in total. The lowest BCUT2D eigenvalue weighted by molar-refractivity contribution is -0.228. The predicted molar refractivity (Wildman–Crippen MR) is 224 cm³/mol. The van der Waals surface area contributed by atoms with Crippen molar-refractivity contribution >= 4 is 34.5 Å². The zero-order valence-corrected chi connectivity index (χ0v) is 36.4. The zero-order chi connectivity index (χ0) is 43.6. The molecule has 328 valence electrons.